The number of carbonyl (C=O) groups excluding carboxylic acids is 1. The van der Waals surface area contributed by atoms with Crippen LogP contribution < -0.4 is 5.56 Å². The Labute approximate surface area is 137 Å². The van der Waals surface area contributed by atoms with Crippen LogP contribution in [0.25, 0.3) is 0 Å². The number of nitrogens with zero attached hydrogens (tertiary/aromatic N) is 3. The van der Waals surface area contributed by atoms with Gasteiger partial charge in [0, 0.05) is 26.2 Å². The molecule has 1 aliphatic heterocycles. The molecule has 0 aromatic carbocycles. The highest BCUT2D eigenvalue weighted by atomic mass is 16.2. The van der Waals surface area contributed by atoms with Gasteiger partial charge < -0.3 is 4.90 Å². The number of aromatic nitrogens is 2. The van der Waals surface area contributed by atoms with Gasteiger partial charge in [-0.15, -0.1) is 0 Å². The van der Waals surface area contributed by atoms with Crippen molar-refractivity contribution >= 4 is 5.91 Å². The number of aromatic amines is 1. The molecule has 23 heavy (non-hydrogen) atoms. The SMILES string of the molecule is Cc1n[nH]c(=O)c(C(=O)N2CCN(CCC(C)(C)C)CC2)c1C. The van der Waals surface area contributed by atoms with Crippen molar-refractivity contribution in [2.45, 2.75) is 41.0 Å². The van der Waals surface area contributed by atoms with E-state index in [1.165, 1.54) is 0 Å². The Morgan fingerprint density at radius 1 is 1.17 bits per heavy atom. The number of carbonyl (C=O) groups is 1. The summed E-state index contributed by atoms with van der Waals surface area (Å²) in [6, 6.07) is 0. The summed E-state index contributed by atoms with van der Waals surface area (Å²) in [5, 5.41) is 6.32. The minimum Gasteiger partial charge on any atom is -0.336 e. The summed E-state index contributed by atoms with van der Waals surface area (Å²) in [5.74, 6) is -0.176. The third-order valence-corrected chi connectivity index (χ3v) is 4.52. The summed E-state index contributed by atoms with van der Waals surface area (Å²) in [5.41, 5.74) is 1.53. The van der Waals surface area contributed by atoms with Crippen molar-refractivity contribution in [2.24, 2.45) is 5.41 Å². The van der Waals surface area contributed by atoms with Crippen molar-refractivity contribution in [3.05, 3.63) is 27.2 Å². The minimum atomic E-state index is -0.395. The molecule has 6 heteroatoms. The van der Waals surface area contributed by atoms with Crippen LogP contribution in [0, 0.1) is 19.3 Å². The van der Waals surface area contributed by atoms with E-state index in [1.807, 2.05) is 0 Å². The lowest BCUT2D eigenvalue weighted by molar-refractivity contribution is 0.0620. The molecular formula is C17H28N4O2. The third-order valence-electron chi connectivity index (χ3n) is 4.52. The second-order valence-electron chi connectivity index (χ2n) is 7.58. The number of piperazine rings is 1. The van der Waals surface area contributed by atoms with Crippen LogP contribution >= 0.6 is 0 Å². The van der Waals surface area contributed by atoms with E-state index in [0.717, 1.165) is 26.1 Å². The monoisotopic (exact) mass is 320 g/mol. The first kappa shape index (κ1) is 17.7. The molecule has 1 fully saturated rings. The third kappa shape index (κ3) is 4.41. The predicted molar refractivity (Wildman–Crippen MR) is 90.7 cm³/mol. The molecule has 1 amide bonds. The average Bonchev–Trinajstić information content (AvgIpc) is 2.49. The van der Waals surface area contributed by atoms with E-state index in [-0.39, 0.29) is 11.5 Å². The second kappa shape index (κ2) is 6.83. The quantitative estimate of drug-likeness (QED) is 0.918. The van der Waals surface area contributed by atoms with Gasteiger partial charge in [-0.25, -0.2) is 5.10 Å². The maximum Gasteiger partial charge on any atom is 0.277 e. The highest BCUT2D eigenvalue weighted by molar-refractivity contribution is 5.95. The van der Waals surface area contributed by atoms with E-state index >= 15 is 0 Å². The standard InChI is InChI=1S/C17H28N4O2/c1-12-13(2)18-19-15(22)14(12)16(23)21-10-8-20(9-11-21)7-6-17(3,4)5/h6-11H2,1-5H3,(H,19,22). The van der Waals surface area contributed by atoms with Crippen molar-refractivity contribution in [3.63, 3.8) is 0 Å². The Balaban J connectivity index is 1.99. The van der Waals surface area contributed by atoms with Gasteiger partial charge in [-0.2, -0.15) is 5.10 Å². The molecular weight excluding hydrogens is 292 g/mol. The van der Waals surface area contributed by atoms with Gasteiger partial charge in [0.1, 0.15) is 5.56 Å². The molecule has 0 radical (unpaired) electrons. The van der Waals surface area contributed by atoms with E-state index in [1.54, 1.807) is 18.7 Å². The summed E-state index contributed by atoms with van der Waals surface area (Å²) in [6.07, 6.45) is 1.14. The number of hydrogen-bond acceptors (Lipinski definition) is 4. The topological polar surface area (TPSA) is 69.3 Å². The maximum atomic E-state index is 12.7. The molecule has 0 spiro atoms. The van der Waals surface area contributed by atoms with Gasteiger partial charge in [0.25, 0.3) is 11.5 Å². The van der Waals surface area contributed by atoms with Crippen LogP contribution in [-0.4, -0.2) is 58.6 Å². The minimum absolute atomic E-state index is 0.176. The summed E-state index contributed by atoms with van der Waals surface area (Å²) in [7, 11) is 0. The van der Waals surface area contributed by atoms with Gasteiger partial charge in [-0.1, -0.05) is 20.8 Å². The largest absolute Gasteiger partial charge is 0.336 e. The zero-order valence-electron chi connectivity index (χ0n) is 14.9. The molecule has 1 aromatic rings. The van der Waals surface area contributed by atoms with Crippen LogP contribution in [0.3, 0.4) is 0 Å². The first-order valence-corrected chi connectivity index (χ1v) is 8.26. The lowest BCUT2D eigenvalue weighted by Gasteiger charge is -2.36. The molecule has 1 N–H and O–H groups in total. The Bertz CT molecular complexity index is 622. The molecule has 0 saturated carbocycles. The molecule has 2 rings (SSSR count). The van der Waals surface area contributed by atoms with Crippen LogP contribution in [-0.2, 0) is 0 Å². The summed E-state index contributed by atoms with van der Waals surface area (Å²) in [6.45, 7) is 14.4. The average molecular weight is 320 g/mol. The molecule has 0 atom stereocenters. The van der Waals surface area contributed by atoms with Crippen LogP contribution in [0.4, 0.5) is 0 Å². The van der Waals surface area contributed by atoms with Crippen molar-refractivity contribution in [1.29, 1.82) is 0 Å². The van der Waals surface area contributed by atoms with Crippen molar-refractivity contribution in [2.75, 3.05) is 32.7 Å². The summed E-state index contributed by atoms with van der Waals surface area (Å²) in [4.78, 5) is 28.8. The van der Waals surface area contributed by atoms with Gasteiger partial charge in [0.15, 0.2) is 0 Å². The first-order chi connectivity index (χ1) is 10.7. The van der Waals surface area contributed by atoms with Crippen LogP contribution in [0.1, 0.15) is 48.8 Å². The van der Waals surface area contributed by atoms with E-state index in [2.05, 4.69) is 35.9 Å². The number of amides is 1. The van der Waals surface area contributed by atoms with E-state index in [4.69, 9.17) is 0 Å². The zero-order chi connectivity index (χ0) is 17.2. The highest BCUT2D eigenvalue weighted by Crippen LogP contribution is 2.19. The van der Waals surface area contributed by atoms with Gasteiger partial charge in [0.05, 0.1) is 5.69 Å². The molecule has 0 aliphatic carbocycles. The van der Waals surface area contributed by atoms with Gasteiger partial charge >= 0.3 is 0 Å². The van der Waals surface area contributed by atoms with Crippen LogP contribution in [0.15, 0.2) is 4.79 Å². The molecule has 0 bridgehead atoms. The Morgan fingerprint density at radius 2 is 1.78 bits per heavy atom. The smallest absolute Gasteiger partial charge is 0.277 e. The Kier molecular flexibility index (Phi) is 5.24. The fourth-order valence-corrected chi connectivity index (χ4v) is 2.71. The Morgan fingerprint density at radius 3 is 2.35 bits per heavy atom. The number of nitrogens with one attached hydrogen (secondary N) is 1. The Hall–Kier alpha value is -1.69. The van der Waals surface area contributed by atoms with Crippen LogP contribution in [0.5, 0.6) is 0 Å². The van der Waals surface area contributed by atoms with Crippen molar-refractivity contribution < 1.29 is 4.79 Å². The van der Waals surface area contributed by atoms with Gasteiger partial charge in [-0.3, -0.25) is 14.5 Å². The van der Waals surface area contributed by atoms with Gasteiger partial charge in [0.2, 0.25) is 0 Å². The fraction of sp³-hybridized carbons (Fsp3) is 0.706. The fourth-order valence-electron chi connectivity index (χ4n) is 2.71. The highest BCUT2D eigenvalue weighted by Gasteiger charge is 2.26. The molecule has 6 nitrogen and oxygen atoms in total. The molecule has 128 valence electrons. The number of aryl methyl sites for hydroxylation is 1. The predicted octanol–water partition coefficient (Wildman–Crippen LogP) is 1.58. The van der Waals surface area contributed by atoms with Crippen molar-refractivity contribution in [3.8, 4) is 0 Å². The second-order valence-corrected chi connectivity index (χ2v) is 7.58. The van der Waals surface area contributed by atoms with Crippen LogP contribution in [0.2, 0.25) is 0 Å². The number of H-pyrrole nitrogens is 1. The van der Waals surface area contributed by atoms with E-state index in [9.17, 15) is 9.59 Å². The molecule has 0 unspecified atom stereocenters. The number of rotatable bonds is 3. The lowest BCUT2D eigenvalue weighted by atomic mass is 9.92. The van der Waals surface area contributed by atoms with Crippen molar-refractivity contribution in [1.82, 2.24) is 20.0 Å². The first-order valence-electron chi connectivity index (χ1n) is 8.26. The summed E-state index contributed by atoms with van der Waals surface area (Å²) >= 11 is 0. The van der Waals surface area contributed by atoms with E-state index < -0.39 is 5.56 Å². The maximum absolute atomic E-state index is 12.7. The zero-order valence-corrected chi connectivity index (χ0v) is 14.9. The summed E-state index contributed by atoms with van der Waals surface area (Å²) < 4.78 is 0. The molecule has 2 heterocycles. The molecule has 1 saturated heterocycles. The normalized spacial score (nSPS) is 16.7. The molecule has 1 aromatic heterocycles. The number of hydrogen-bond donors (Lipinski definition) is 1. The lowest BCUT2D eigenvalue weighted by Crippen LogP contribution is -2.50. The molecule has 1 aliphatic rings. The van der Waals surface area contributed by atoms with Gasteiger partial charge in [-0.05, 0) is 37.8 Å². The van der Waals surface area contributed by atoms with E-state index in [0.29, 0.717) is 29.8 Å².